The summed E-state index contributed by atoms with van der Waals surface area (Å²) in [6.45, 7) is 3.13. The van der Waals surface area contributed by atoms with Gasteiger partial charge < -0.3 is 10.1 Å². The van der Waals surface area contributed by atoms with E-state index in [1.54, 1.807) is 4.90 Å². The minimum Gasteiger partial charge on any atom is -0.440 e. The molecule has 0 aromatic heterocycles. The lowest BCUT2D eigenvalue weighted by Crippen LogP contribution is -2.40. The summed E-state index contributed by atoms with van der Waals surface area (Å²) in [5.41, 5.74) is 0.387. The number of hydrogen-bond acceptors (Lipinski definition) is 3. The number of nitrogens with zero attached hydrogens (tertiary/aromatic N) is 1. The van der Waals surface area contributed by atoms with Crippen LogP contribution in [0.5, 0.6) is 0 Å². The maximum Gasteiger partial charge on any atom is 0.415 e. The van der Waals surface area contributed by atoms with E-state index >= 15 is 0 Å². The molecular formula is C12H15BrN2O2. The number of hydrogen-bond donors (Lipinski definition) is 1. The Hall–Kier alpha value is -1.07. The first-order chi connectivity index (χ1) is 8.04. The number of carbonyl (C=O) groups is 1. The molecule has 1 atom stereocenters. The number of halogens is 1. The largest absolute Gasteiger partial charge is 0.440 e. The summed E-state index contributed by atoms with van der Waals surface area (Å²) < 4.78 is 6.35. The lowest BCUT2D eigenvalue weighted by Gasteiger charge is -2.21. The van der Waals surface area contributed by atoms with Crippen LogP contribution >= 0.6 is 15.9 Å². The first-order valence-electron chi connectivity index (χ1n) is 5.45. The molecule has 0 spiro atoms. The summed E-state index contributed by atoms with van der Waals surface area (Å²) >= 11 is 3.40. The van der Waals surface area contributed by atoms with E-state index in [1.165, 1.54) is 0 Å². The summed E-state index contributed by atoms with van der Waals surface area (Å²) in [6, 6.07) is 7.64. The number of anilines is 1. The topological polar surface area (TPSA) is 41.6 Å². The highest BCUT2D eigenvalue weighted by Crippen LogP contribution is 2.29. The first-order valence-corrected chi connectivity index (χ1v) is 6.24. The van der Waals surface area contributed by atoms with Gasteiger partial charge in [0.2, 0.25) is 0 Å². The number of amides is 1. The Morgan fingerprint density at radius 1 is 1.59 bits per heavy atom. The van der Waals surface area contributed by atoms with Crippen LogP contribution in [0.1, 0.15) is 6.92 Å². The summed E-state index contributed by atoms with van der Waals surface area (Å²) in [7, 11) is 1.85. The summed E-state index contributed by atoms with van der Waals surface area (Å²) in [5, 5.41) is 3.04. The third kappa shape index (κ3) is 2.61. The minimum atomic E-state index is -0.464. The average molecular weight is 299 g/mol. The molecular weight excluding hydrogens is 284 g/mol. The van der Waals surface area contributed by atoms with Crippen molar-refractivity contribution < 1.29 is 9.53 Å². The van der Waals surface area contributed by atoms with Crippen molar-refractivity contribution in [1.29, 1.82) is 0 Å². The Bertz CT molecular complexity index is 438. The SMILES string of the molecule is CNCC1(C)CN(c2cccc(Br)c2)C(=O)O1. The molecule has 1 aliphatic rings. The van der Waals surface area contributed by atoms with Crippen molar-refractivity contribution in [2.75, 3.05) is 25.0 Å². The van der Waals surface area contributed by atoms with Gasteiger partial charge in [-0.2, -0.15) is 0 Å². The minimum absolute atomic E-state index is 0.291. The number of nitrogens with one attached hydrogen (secondary N) is 1. The molecule has 0 bridgehead atoms. The van der Waals surface area contributed by atoms with Crippen LogP contribution in [0.4, 0.5) is 10.5 Å². The number of rotatable bonds is 3. The van der Waals surface area contributed by atoms with Gasteiger partial charge in [0.15, 0.2) is 0 Å². The van der Waals surface area contributed by atoms with Gasteiger partial charge >= 0.3 is 6.09 Å². The van der Waals surface area contributed by atoms with Crippen molar-refractivity contribution in [2.45, 2.75) is 12.5 Å². The molecule has 92 valence electrons. The van der Waals surface area contributed by atoms with Crippen molar-refractivity contribution in [1.82, 2.24) is 5.32 Å². The van der Waals surface area contributed by atoms with E-state index in [-0.39, 0.29) is 6.09 Å². The van der Waals surface area contributed by atoms with Crippen LogP contribution in [0, 0.1) is 0 Å². The molecule has 1 fully saturated rings. The van der Waals surface area contributed by atoms with Crippen LogP contribution in [-0.2, 0) is 4.74 Å². The zero-order valence-corrected chi connectivity index (χ0v) is 11.5. The number of ether oxygens (including phenoxy) is 1. The van der Waals surface area contributed by atoms with E-state index in [2.05, 4.69) is 21.2 Å². The fourth-order valence-electron chi connectivity index (χ4n) is 2.00. The maximum absolute atomic E-state index is 11.8. The Balaban J connectivity index is 2.21. The maximum atomic E-state index is 11.8. The van der Waals surface area contributed by atoms with Gasteiger partial charge in [0.25, 0.3) is 0 Å². The van der Waals surface area contributed by atoms with Crippen LogP contribution in [-0.4, -0.2) is 31.8 Å². The van der Waals surface area contributed by atoms with E-state index in [0.29, 0.717) is 13.1 Å². The predicted octanol–water partition coefficient (Wildman–Crippen LogP) is 2.38. The van der Waals surface area contributed by atoms with Gasteiger partial charge in [-0.15, -0.1) is 0 Å². The summed E-state index contributed by atoms with van der Waals surface area (Å²) in [4.78, 5) is 13.5. The quantitative estimate of drug-likeness (QED) is 0.931. The zero-order chi connectivity index (χ0) is 12.5. The van der Waals surface area contributed by atoms with Crippen LogP contribution in [0.3, 0.4) is 0 Å². The van der Waals surface area contributed by atoms with E-state index in [0.717, 1.165) is 10.2 Å². The van der Waals surface area contributed by atoms with Crippen molar-refractivity contribution in [2.24, 2.45) is 0 Å². The smallest absolute Gasteiger partial charge is 0.415 e. The molecule has 1 amide bonds. The average Bonchev–Trinajstić information content (AvgIpc) is 2.55. The second-order valence-electron chi connectivity index (χ2n) is 4.41. The fourth-order valence-corrected chi connectivity index (χ4v) is 2.39. The highest BCUT2D eigenvalue weighted by atomic mass is 79.9. The Morgan fingerprint density at radius 2 is 2.35 bits per heavy atom. The molecule has 4 nitrogen and oxygen atoms in total. The Kier molecular flexibility index (Phi) is 3.40. The summed E-state index contributed by atoms with van der Waals surface area (Å²) in [6.07, 6.45) is -0.291. The van der Waals surface area contributed by atoms with Crippen molar-refractivity contribution in [3.8, 4) is 0 Å². The summed E-state index contributed by atoms with van der Waals surface area (Å²) in [5.74, 6) is 0. The zero-order valence-electron chi connectivity index (χ0n) is 9.87. The first kappa shape index (κ1) is 12.4. The Morgan fingerprint density at radius 3 is 3.00 bits per heavy atom. The van der Waals surface area contributed by atoms with Gasteiger partial charge in [-0.1, -0.05) is 22.0 Å². The highest BCUT2D eigenvalue weighted by Gasteiger charge is 2.41. The molecule has 1 aliphatic heterocycles. The highest BCUT2D eigenvalue weighted by molar-refractivity contribution is 9.10. The van der Waals surface area contributed by atoms with Crippen molar-refractivity contribution >= 4 is 27.7 Å². The van der Waals surface area contributed by atoms with Crippen LogP contribution in [0.2, 0.25) is 0 Å². The van der Waals surface area contributed by atoms with E-state index < -0.39 is 5.60 Å². The van der Waals surface area contributed by atoms with Crippen LogP contribution < -0.4 is 10.2 Å². The standard InChI is InChI=1S/C12H15BrN2O2/c1-12(7-14-2)8-15(11(16)17-12)10-5-3-4-9(13)6-10/h3-6,14H,7-8H2,1-2H3. The molecule has 5 heteroatoms. The molecule has 0 aliphatic carbocycles. The fraction of sp³-hybridized carbons (Fsp3) is 0.417. The van der Waals surface area contributed by atoms with Gasteiger partial charge in [0.1, 0.15) is 5.60 Å². The number of likely N-dealkylation sites (N-methyl/N-ethyl adjacent to an activating group) is 1. The molecule has 1 heterocycles. The molecule has 17 heavy (non-hydrogen) atoms. The van der Waals surface area contributed by atoms with Gasteiger partial charge in [0.05, 0.1) is 6.54 Å². The van der Waals surface area contributed by atoms with Gasteiger partial charge in [-0.05, 0) is 32.2 Å². The molecule has 2 rings (SSSR count). The van der Waals surface area contributed by atoms with Crippen LogP contribution in [0.25, 0.3) is 0 Å². The second kappa shape index (κ2) is 4.66. The third-order valence-electron chi connectivity index (χ3n) is 2.72. The normalized spacial score (nSPS) is 23.9. The number of carbonyl (C=O) groups excluding carboxylic acids is 1. The van der Waals surface area contributed by atoms with Gasteiger partial charge in [-0.3, -0.25) is 4.90 Å². The molecule has 1 saturated heterocycles. The van der Waals surface area contributed by atoms with Gasteiger partial charge in [-0.25, -0.2) is 4.79 Å². The third-order valence-corrected chi connectivity index (χ3v) is 3.21. The predicted molar refractivity (Wildman–Crippen MR) is 70.3 cm³/mol. The molecule has 1 unspecified atom stereocenters. The number of benzene rings is 1. The Labute approximate surface area is 109 Å². The lowest BCUT2D eigenvalue weighted by atomic mass is 10.1. The van der Waals surface area contributed by atoms with E-state index in [9.17, 15) is 4.79 Å². The lowest BCUT2D eigenvalue weighted by molar-refractivity contribution is 0.0734. The molecule has 0 radical (unpaired) electrons. The molecule has 0 saturated carbocycles. The second-order valence-corrected chi connectivity index (χ2v) is 5.33. The van der Waals surface area contributed by atoms with Gasteiger partial charge in [0, 0.05) is 16.7 Å². The van der Waals surface area contributed by atoms with Crippen molar-refractivity contribution in [3.63, 3.8) is 0 Å². The molecule has 1 aromatic carbocycles. The molecule has 1 N–H and O–H groups in total. The van der Waals surface area contributed by atoms with Crippen LogP contribution in [0.15, 0.2) is 28.7 Å². The van der Waals surface area contributed by atoms with Crippen molar-refractivity contribution in [3.05, 3.63) is 28.7 Å². The number of cyclic esters (lactones) is 1. The molecule has 1 aromatic rings. The monoisotopic (exact) mass is 298 g/mol. The van der Waals surface area contributed by atoms with E-state index in [4.69, 9.17) is 4.74 Å². The van der Waals surface area contributed by atoms with E-state index in [1.807, 2.05) is 38.2 Å².